The molecule has 0 spiro atoms. The predicted molar refractivity (Wildman–Crippen MR) is 88.6 cm³/mol. The Labute approximate surface area is 139 Å². The van der Waals surface area contributed by atoms with Crippen molar-refractivity contribution in [3.8, 4) is 0 Å². The van der Waals surface area contributed by atoms with E-state index < -0.39 is 17.7 Å². The van der Waals surface area contributed by atoms with Gasteiger partial charge in [0.1, 0.15) is 0 Å². The zero-order chi connectivity index (χ0) is 17.6. The van der Waals surface area contributed by atoms with E-state index in [1.165, 1.54) is 18.2 Å². The maximum Gasteiger partial charge on any atom is 0.276 e. The van der Waals surface area contributed by atoms with Gasteiger partial charge in [-0.1, -0.05) is 18.2 Å². The molecule has 122 valence electrons. The molecule has 3 aromatic rings. The van der Waals surface area contributed by atoms with Crippen LogP contribution < -0.4 is 16.2 Å². The third kappa shape index (κ3) is 2.36. The second-order valence-corrected chi connectivity index (χ2v) is 5.44. The Hall–Kier alpha value is -3.81. The molecular formula is C17H10N4O4. The van der Waals surface area contributed by atoms with E-state index in [0.717, 1.165) is 0 Å². The van der Waals surface area contributed by atoms with Crippen LogP contribution in [0.4, 0.5) is 5.69 Å². The number of carbonyl (C=O) groups is 3. The van der Waals surface area contributed by atoms with Crippen molar-refractivity contribution in [2.45, 2.75) is 0 Å². The molecule has 4 rings (SSSR count). The summed E-state index contributed by atoms with van der Waals surface area (Å²) in [6.07, 6.45) is 0. The van der Waals surface area contributed by atoms with E-state index in [-0.39, 0.29) is 22.4 Å². The van der Waals surface area contributed by atoms with Gasteiger partial charge in [0.15, 0.2) is 5.69 Å². The van der Waals surface area contributed by atoms with Gasteiger partial charge in [-0.15, -0.1) is 0 Å². The van der Waals surface area contributed by atoms with Crippen molar-refractivity contribution in [2.75, 3.05) is 5.32 Å². The van der Waals surface area contributed by atoms with Gasteiger partial charge in [0, 0.05) is 11.1 Å². The molecule has 3 N–H and O–H groups in total. The Kier molecular flexibility index (Phi) is 3.17. The average Bonchev–Trinajstić information content (AvgIpc) is 2.89. The number of carbonyl (C=O) groups excluding carboxylic acids is 3. The summed E-state index contributed by atoms with van der Waals surface area (Å²) >= 11 is 0. The smallest absolute Gasteiger partial charge is 0.276 e. The van der Waals surface area contributed by atoms with Gasteiger partial charge in [-0.2, -0.15) is 5.10 Å². The first-order valence-electron chi connectivity index (χ1n) is 7.33. The standard InChI is InChI=1S/C17H10N4O4/c22-14-11-6-5-8(7-12(11)15(23)19-14)18-17(25)13-9-3-1-2-4-10(9)16(24)21-20-13/h1-7H,(H,18,25)(H,21,24)(H,19,22,23). The molecule has 0 saturated carbocycles. The fraction of sp³-hybridized carbons (Fsp3) is 0. The summed E-state index contributed by atoms with van der Waals surface area (Å²) in [7, 11) is 0. The lowest BCUT2D eigenvalue weighted by Gasteiger charge is -2.07. The molecule has 8 heteroatoms. The molecular weight excluding hydrogens is 324 g/mol. The summed E-state index contributed by atoms with van der Waals surface area (Å²) in [5, 5.41) is 11.7. The molecule has 3 amide bonds. The quantitative estimate of drug-likeness (QED) is 0.605. The number of anilines is 1. The predicted octanol–water partition coefficient (Wildman–Crippen LogP) is 1.06. The Morgan fingerprint density at radius 3 is 2.44 bits per heavy atom. The van der Waals surface area contributed by atoms with Crippen molar-refractivity contribution in [1.29, 1.82) is 0 Å². The normalized spacial score (nSPS) is 12.8. The summed E-state index contributed by atoms with van der Waals surface area (Å²) in [6, 6.07) is 11.0. The van der Waals surface area contributed by atoms with Crippen LogP contribution in [-0.4, -0.2) is 27.9 Å². The SMILES string of the molecule is O=C1NC(=O)c2cc(NC(=O)c3n[nH]c(=O)c4ccccc34)ccc21. The topological polar surface area (TPSA) is 121 Å². The molecule has 2 heterocycles. The summed E-state index contributed by atoms with van der Waals surface area (Å²) in [6.45, 7) is 0. The van der Waals surface area contributed by atoms with E-state index >= 15 is 0 Å². The second kappa shape index (κ2) is 5.38. The highest BCUT2D eigenvalue weighted by Gasteiger charge is 2.27. The fourth-order valence-electron chi connectivity index (χ4n) is 2.72. The number of H-pyrrole nitrogens is 1. The zero-order valence-corrected chi connectivity index (χ0v) is 12.6. The van der Waals surface area contributed by atoms with Crippen LogP contribution >= 0.6 is 0 Å². The highest BCUT2D eigenvalue weighted by Crippen LogP contribution is 2.21. The van der Waals surface area contributed by atoms with Gasteiger partial charge in [0.2, 0.25) is 0 Å². The third-order valence-corrected chi connectivity index (χ3v) is 3.90. The lowest BCUT2D eigenvalue weighted by atomic mass is 10.1. The van der Waals surface area contributed by atoms with Crippen LogP contribution in [0.2, 0.25) is 0 Å². The van der Waals surface area contributed by atoms with Gasteiger partial charge in [-0.25, -0.2) is 5.10 Å². The molecule has 0 atom stereocenters. The summed E-state index contributed by atoms with van der Waals surface area (Å²) < 4.78 is 0. The summed E-state index contributed by atoms with van der Waals surface area (Å²) in [5.74, 6) is -1.52. The van der Waals surface area contributed by atoms with Crippen LogP contribution in [0.1, 0.15) is 31.2 Å². The number of rotatable bonds is 2. The molecule has 0 unspecified atom stereocenters. The average molecular weight is 334 g/mol. The zero-order valence-electron chi connectivity index (χ0n) is 12.6. The molecule has 1 aromatic heterocycles. The number of fused-ring (bicyclic) bond motifs is 2. The number of aromatic nitrogens is 2. The van der Waals surface area contributed by atoms with Crippen LogP contribution in [0.25, 0.3) is 10.8 Å². The molecule has 0 bridgehead atoms. The van der Waals surface area contributed by atoms with E-state index in [4.69, 9.17) is 0 Å². The highest BCUT2D eigenvalue weighted by molar-refractivity contribution is 6.22. The van der Waals surface area contributed by atoms with E-state index in [1.807, 2.05) is 0 Å². The molecule has 0 radical (unpaired) electrons. The minimum absolute atomic E-state index is 0.0521. The molecule has 8 nitrogen and oxygen atoms in total. The van der Waals surface area contributed by atoms with Gasteiger partial charge in [-0.3, -0.25) is 24.5 Å². The number of imide groups is 1. The minimum atomic E-state index is -0.544. The molecule has 0 fully saturated rings. The molecule has 0 saturated heterocycles. The number of benzene rings is 2. The van der Waals surface area contributed by atoms with E-state index in [2.05, 4.69) is 20.8 Å². The van der Waals surface area contributed by atoms with Crippen molar-refractivity contribution in [1.82, 2.24) is 15.5 Å². The summed E-state index contributed by atoms with van der Waals surface area (Å²) in [4.78, 5) is 47.5. The van der Waals surface area contributed by atoms with Crippen LogP contribution in [0.5, 0.6) is 0 Å². The van der Waals surface area contributed by atoms with Crippen molar-refractivity contribution >= 4 is 34.2 Å². The van der Waals surface area contributed by atoms with E-state index in [9.17, 15) is 19.2 Å². The molecule has 1 aliphatic heterocycles. The minimum Gasteiger partial charge on any atom is -0.321 e. The molecule has 25 heavy (non-hydrogen) atoms. The molecule has 2 aromatic carbocycles. The Bertz CT molecular complexity index is 1130. The first kappa shape index (κ1) is 14.8. The first-order chi connectivity index (χ1) is 12.0. The Balaban J connectivity index is 1.71. The number of aromatic amines is 1. The third-order valence-electron chi connectivity index (χ3n) is 3.90. The van der Waals surface area contributed by atoms with Crippen molar-refractivity contribution in [2.24, 2.45) is 0 Å². The van der Waals surface area contributed by atoms with Crippen LogP contribution in [-0.2, 0) is 0 Å². The van der Waals surface area contributed by atoms with E-state index in [1.54, 1.807) is 24.3 Å². The van der Waals surface area contributed by atoms with Gasteiger partial charge >= 0.3 is 0 Å². The van der Waals surface area contributed by atoms with Gasteiger partial charge in [0.25, 0.3) is 23.3 Å². The summed E-state index contributed by atoms with van der Waals surface area (Å²) in [5.41, 5.74) is 0.458. The van der Waals surface area contributed by atoms with Crippen LogP contribution in [0.3, 0.4) is 0 Å². The lowest BCUT2D eigenvalue weighted by Crippen LogP contribution is -2.20. The van der Waals surface area contributed by atoms with Gasteiger partial charge in [-0.05, 0) is 24.3 Å². The Morgan fingerprint density at radius 1 is 0.920 bits per heavy atom. The highest BCUT2D eigenvalue weighted by atomic mass is 16.2. The number of amides is 3. The largest absolute Gasteiger partial charge is 0.321 e. The second-order valence-electron chi connectivity index (χ2n) is 5.44. The van der Waals surface area contributed by atoms with Gasteiger partial charge < -0.3 is 5.32 Å². The number of hydrogen-bond donors (Lipinski definition) is 3. The molecule has 0 aliphatic carbocycles. The van der Waals surface area contributed by atoms with Crippen molar-refractivity contribution in [3.63, 3.8) is 0 Å². The van der Waals surface area contributed by atoms with Crippen molar-refractivity contribution < 1.29 is 14.4 Å². The maximum absolute atomic E-state index is 12.5. The lowest BCUT2D eigenvalue weighted by molar-refractivity contribution is 0.0878. The molecule has 1 aliphatic rings. The van der Waals surface area contributed by atoms with E-state index in [0.29, 0.717) is 16.5 Å². The Morgan fingerprint density at radius 2 is 1.64 bits per heavy atom. The monoisotopic (exact) mass is 334 g/mol. The maximum atomic E-state index is 12.5. The van der Waals surface area contributed by atoms with Crippen LogP contribution in [0, 0.1) is 0 Å². The number of nitrogens with one attached hydrogen (secondary N) is 3. The fourth-order valence-corrected chi connectivity index (χ4v) is 2.72. The van der Waals surface area contributed by atoms with Crippen LogP contribution in [0.15, 0.2) is 47.3 Å². The number of hydrogen-bond acceptors (Lipinski definition) is 5. The van der Waals surface area contributed by atoms with Gasteiger partial charge in [0.05, 0.1) is 16.5 Å². The number of nitrogens with zero attached hydrogens (tertiary/aromatic N) is 1. The van der Waals surface area contributed by atoms with Crippen molar-refractivity contribution in [3.05, 3.63) is 69.6 Å². The first-order valence-corrected chi connectivity index (χ1v) is 7.33.